The normalized spacial score (nSPS) is 14.2. The van der Waals surface area contributed by atoms with Crippen molar-refractivity contribution in [3.63, 3.8) is 0 Å². The van der Waals surface area contributed by atoms with Gasteiger partial charge in [0.25, 0.3) is 0 Å². The summed E-state index contributed by atoms with van der Waals surface area (Å²) in [6, 6.07) is 7.38. The maximum absolute atomic E-state index is 11.6. The van der Waals surface area contributed by atoms with Crippen molar-refractivity contribution >= 4 is 5.97 Å². The Morgan fingerprint density at radius 3 is 2.65 bits per heavy atom. The first kappa shape index (κ1) is 11.3. The molecular weight excluding hydrogens is 218 g/mol. The number of aryl methyl sites for hydroxylation is 1. The Bertz CT molecular complexity index is 536. The van der Waals surface area contributed by atoms with E-state index in [1.807, 2.05) is 25.1 Å². The molecule has 1 heterocycles. The lowest BCUT2D eigenvalue weighted by atomic mass is 9.89. The molecule has 1 aromatic carbocycles. The molecule has 0 fully saturated rings. The van der Waals surface area contributed by atoms with E-state index >= 15 is 0 Å². The van der Waals surface area contributed by atoms with E-state index in [9.17, 15) is 9.90 Å². The number of hydrogen-bond donors (Lipinski definition) is 1. The molecule has 1 unspecified atom stereocenters. The third kappa shape index (κ3) is 1.69. The summed E-state index contributed by atoms with van der Waals surface area (Å²) in [7, 11) is 0. The zero-order chi connectivity index (χ0) is 12.5. The first-order chi connectivity index (χ1) is 8.06. The van der Waals surface area contributed by atoms with Crippen LogP contribution in [0, 0.1) is 6.92 Å². The molecule has 0 aliphatic heterocycles. The van der Waals surface area contributed by atoms with Gasteiger partial charge in [0.1, 0.15) is 12.7 Å². The number of nitrogens with zero attached hydrogens (tertiary/aromatic N) is 3. The van der Waals surface area contributed by atoms with Gasteiger partial charge in [0.05, 0.1) is 0 Å². The summed E-state index contributed by atoms with van der Waals surface area (Å²) in [5.41, 5.74) is 0.382. The van der Waals surface area contributed by atoms with Gasteiger partial charge in [0, 0.05) is 0 Å². The van der Waals surface area contributed by atoms with Crippen LogP contribution in [0.25, 0.3) is 0 Å². The highest BCUT2D eigenvalue weighted by Crippen LogP contribution is 2.27. The van der Waals surface area contributed by atoms with Gasteiger partial charge in [-0.15, -0.1) is 0 Å². The number of hydrogen-bond acceptors (Lipinski definition) is 3. The third-order valence-corrected chi connectivity index (χ3v) is 2.96. The molecule has 1 aromatic heterocycles. The van der Waals surface area contributed by atoms with Crippen LogP contribution in [0.5, 0.6) is 0 Å². The predicted octanol–water partition coefficient (Wildman–Crippen LogP) is 1.43. The van der Waals surface area contributed by atoms with E-state index in [0.29, 0.717) is 5.56 Å². The van der Waals surface area contributed by atoms with Crippen LogP contribution in [-0.2, 0) is 10.3 Å². The van der Waals surface area contributed by atoms with Crippen molar-refractivity contribution < 1.29 is 9.90 Å². The van der Waals surface area contributed by atoms with Crippen molar-refractivity contribution in [1.82, 2.24) is 14.8 Å². The Morgan fingerprint density at radius 1 is 1.41 bits per heavy atom. The van der Waals surface area contributed by atoms with Crippen LogP contribution < -0.4 is 0 Å². The second kappa shape index (κ2) is 4.01. The van der Waals surface area contributed by atoms with Gasteiger partial charge in [-0.1, -0.05) is 24.3 Å². The number of aliphatic carboxylic acids is 1. The van der Waals surface area contributed by atoms with Gasteiger partial charge in [-0.2, -0.15) is 5.10 Å². The summed E-state index contributed by atoms with van der Waals surface area (Å²) < 4.78 is 1.36. The van der Waals surface area contributed by atoms with Gasteiger partial charge in [-0.25, -0.2) is 14.5 Å². The van der Waals surface area contributed by atoms with E-state index in [0.717, 1.165) is 5.56 Å². The predicted molar refractivity (Wildman–Crippen MR) is 61.6 cm³/mol. The molecular formula is C12H13N3O2. The second-order valence-corrected chi connectivity index (χ2v) is 4.03. The van der Waals surface area contributed by atoms with Gasteiger partial charge < -0.3 is 5.11 Å². The van der Waals surface area contributed by atoms with Crippen molar-refractivity contribution in [1.29, 1.82) is 0 Å². The molecule has 0 spiro atoms. The van der Waals surface area contributed by atoms with E-state index in [-0.39, 0.29) is 0 Å². The molecule has 0 aliphatic carbocycles. The maximum atomic E-state index is 11.6. The minimum Gasteiger partial charge on any atom is -0.479 e. The van der Waals surface area contributed by atoms with Crippen molar-refractivity contribution in [2.75, 3.05) is 0 Å². The average Bonchev–Trinajstić information content (AvgIpc) is 2.82. The first-order valence-electron chi connectivity index (χ1n) is 5.21. The minimum absolute atomic E-state index is 0.706. The molecule has 2 rings (SSSR count). The number of carbonyl (C=O) groups is 1. The summed E-state index contributed by atoms with van der Waals surface area (Å²) in [6.07, 6.45) is 2.75. The third-order valence-electron chi connectivity index (χ3n) is 2.96. The molecule has 5 heteroatoms. The summed E-state index contributed by atoms with van der Waals surface area (Å²) >= 11 is 0. The fraction of sp³-hybridized carbons (Fsp3) is 0.250. The molecule has 0 aliphatic rings. The summed E-state index contributed by atoms with van der Waals surface area (Å²) in [6.45, 7) is 3.50. The van der Waals surface area contributed by atoms with Crippen LogP contribution in [0.15, 0.2) is 36.9 Å². The Balaban J connectivity index is 2.65. The van der Waals surface area contributed by atoms with Gasteiger partial charge in [0.15, 0.2) is 5.54 Å². The lowest BCUT2D eigenvalue weighted by Gasteiger charge is -2.26. The molecule has 0 bridgehead atoms. The standard InChI is InChI=1S/C12H13N3O2/c1-9-5-3-4-6-10(9)12(2,11(16)17)15-8-13-7-14-15/h3-8H,1-2H3,(H,16,17). The number of carboxylic acid groups (broad SMARTS) is 1. The van der Waals surface area contributed by atoms with E-state index < -0.39 is 11.5 Å². The van der Waals surface area contributed by atoms with Crippen molar-refractivity contribution in [3.8, 4) is 0 Å². The lowest BCUT2D eigenvalue weighted by molar-refractivity contribution is -0.144. The highest BCUT2D eigenvalue weighted by Gasteiger charge is 2.39. The first-order valence-corrected chi connectivity index (χ1v) is 5.21. The highest BCUT2D eigenvalue weighted by molar-refractivity contribution is 5.81. The number of rotatable bonds is 3. The molecule has 1 atom stereocenters. The number of benzene rings is 1. The van der Waals surface area contributed by atoms with Gasteiger partial charge in [-0.05, 0) is 25.0 Å². The van der Waals surface area contributed by atoms with Crippen molar-refractivity contribution in [2.45, 2.75) is 19.4 Å². The Kier molecular flexibility index (Phi) is 2.67. The summed E-state index contributed by atoms with van der Waals surface area (Å²) in [5, 5.41) is 13.4. The van der Waals surface area contributed by atoms with Crippen LogP contribution >= 0.6 is 0 Å². The van der Waals surface area contributed by atoms with E-state index in [2.05, 4.69) is 10.1 Å². The lowest BCUT2D eigenvalue weighted by Crippen LogP contribution is -2.41. The SMILES string of the molecule is Cc1ccccc1C(C)(C(=O)O)n1cncn1. The smallest absolute Gasteiger partial charge is 0.336 e. The van der Waals surface area contributed by atoms with Crippen LogP contribution in [-0.4, -0.2) is 25.8 Å². The maximum Gasteiger partial charge on any atom is 0.336 e. The Hall–Kier alpha value is -2.17. The van der Waals surface area contributed by atoms with E-state index in [4.69, 9.17) is 0 Å². The molecule has 1 N–H and O–H groups in total. The molecule has 0 amide bonds. The zero-order valence-electron chi connectivity index (χ0n) is 9.66. The van der Waals surface area contributed by atoms with Crippen LogP contribution in [0.1, 0.15) is 18.1 Å². The van der Waals surface area contributed by atoms with Gasteiger partial charge >= 0.3 is 5.97 Å². The largest absolute Gasteiger partial charge is 0.479 e. The van der Waals surface area contributed by atoms with Crippen LogP contribution in [0.2, 0.25) is 0 Å². The van der Waals surface area contributed by atoms with Crippen molar-refractivity contribution in [2.24, 2.45) is 0 Å². The topological polar surface area (TPSA) is 68.0 Å². The van der Waals surface area contributed by atoms with E-state index in [1.54, 1.807) is 13.0 Å². The highest BCUT2D eigenvalue weighted by atomic mass is 16.4. The Labute approximate surface area is 98.7 Å². The molecule has 0 radical (unpaired) electrons. The average molecular weight is 231 g/mol. The summed E-state index contributed by atoms with van der Waals surface area (Å²) in [4.78, 5) is 15.4. The fourth-order valence-electron chi connectivity index (χ4n) is 1.89. The Morgan fingerprint density at radius 2 is 2.12 bits per heavy atom. The zero-order valence-corrected chi connectivity index (χ0v) is 9.66. The quantitative estimate of drug-likeness (QED) is 0.867. The van der Waals surface area contributed by atoms with E-state index in [1.165, 1.54) is 17.3 Å². The molecule has 0 saturated carbocycles. The van der Waals surface area contributed by atoms with Gasteiger partial charge in [-0.3, -0.25) is 0 Å². The molecule has 2 aromatic rings. The van der Waals surface area contributed by atoms with Crippen molar-refractivity contribution in [3.05, 3.63) is 48.0 Å². The summed E-state index contributed by atoms with van der Waals surface area (Å²) in [5.74, 6) is -0.961. The molecule has 5 nitrogen and oxygen atoms in total. The monoisotopic (exact) mass is 231 g/mol. The van der Waals surface area contributed by atoms with Gasteiger partial charge in [0.2, 0.25) is 0 Å². The second-order valence-electron chi connectivity index (χ2n) is 4.03. The molecule has 17 heavy (non-hydrogen) atoms. The number of carboxylic acids is 1. The number of aromatic nitrogens is 3. The molecule has 0 saturated heterocycles. The molecule has 88 valence electrons. The fourth-order valence-corrected chi connectivity index (χ4v) is 1.89. The van der Waals surface area contributed by atoms with Crippen LogP contribution in [0.4, 0.5) is 0 Å². The van der Waals surface area contributed by atoms with Crippen LogP contribution in [0.3, 0.4) is 0 Å². The minimum atomic E-state index is -1.23.